The Morgan fingerprint density at radius 2 is 1.85 bits per heavy atom. The van der Waals surface area contributed by atoms with Crippen molar-refractivity contribution in [1.82, 2.24) is 10.1 Å². The van der Waals surface area contributed by atoms with Crippen LogP contribution in [0.15, 0.2) is 34.9 Å². The standard InChI is InChI=1S/C19H24N4O4/c1-12-9-15(22-27-12)21-16(24)11-23(5)17(25)13-7-6-8-14(10-13)20-18(26)19(2,3)4/h6-10H,11H2,1-5H3,(H,20,26)(H,21,22,24). The molecule has 2 aromatic rings. The van der Waals surface area contributed by atoms with Gasteiger partial charge in [-0.2, -0.15) is 0 Å². The number of hydrogen-bond acceptors (Lipinski definition) is 5. The van der Waals surface area contributed by atoms with Crippen LogP contribution in [0.2, 0.25) is 0 Å². The largest absolute Gasteiger partial charge is 0.360 e. The summed E-state index contributed by atoms with van der Waals surface area (Å²) in [6, 6.07) is 8.19. The predicted octanol–water partition coefficient (Wildman–Crippen LogP) is 2.68. The molecule has 3 amide bonds. The predicted molar refractivity (Wildman–Crippen MR) is 101 cm³/mol. The first-order valence-corrected chi connectivity index (χ1v) is 8.46. The average molecular weight is 372 g/mol. The van der Waals surface area contributed by atoms with Gasteiger partial charge in [0.05, 0.1) is 6.54 Å². The van der Waals surface area contributed by atoms with Gasteiger partial charge in [0.2, 0.25) is 11.8 Å². The van der Waals surface area contributed by atoms with E-state index in [0.29, 0.717) is 22.8 Å². The Morgan fingerprint density at radius 3 is 2.44 bits per heavy atom. The number of nitrogens with zero attached hydrogens (tertiary/aromatic N) is 2. The molecule has 1 aromatic carbocycles. The van der Waals surface area contributed by atoms with Gasteiger partial charge in [0.15, 0.2) is 5.82 Å². The van der Waals surface area contributed by atoms with Crippen molar-refractivity contribution in [2.45, 2.75) is 27.7 Å². The van der Waals surface area contributed by atoms with Gasteiger partial charge in [0.1, 0.15) is 5.76 Å². The van der Waals surface area contributed by atoms with Gasteiger partial charge in [-0.25, -0.2) is 0 Å². The Morgan fingerprint density at radius 1 is 1.15 bits per heavy atom. The number of aryl methyl sites for hydroxylation is 1. The fourth-order valence-electron chi connectivity index (χ4n) is 2.16. The van der Waals surface area contributed by atoms with Crippen molar-refractivity contribution in [1.29, 1.82) is 0 Å². The highest BCUT2D eigenvalue weighted by atomic mass is 16.5. The van der Waals surface area contributed by atoms with Gasteiger partial charge in [-0.3, -0.25) is 14.4 Å². The molecule has 2 N–H and O–H groups in total. The SMILES string of the molecule is Cc1cc(NC(=O)CN(C)C(=O)c2cccc(NC(=O)C(C)(C)C)c2)no1. The van der Waals surface area contributed by atoms with E-state index in [1.54, 1.807) is 58.0 Å². The Balaban J connectivity index is 2.00. The van der Waals surface area contributed by atoms with Crippen LogP contribution in [0, 0.1) is 12.3 Å². The molecule has 8 nitrogen and oxygen atoms in total. The van der Waals surface area contributed by atoms with E-state index in [1.165, 1.54) is 11.9 Å². The normalized spacial score (nSPS) is 11.0. The molecule has 0 atom stereocenters. The number of aromatic nitrogens is 1. The number of benzene rings is 1. The second kappa shape index (κ2) is 8.03. The van der Waals surface area contributed by atoms with Crippen molar-refractivity contribution in [2.75, 3.05) is 24.2 Å². The van der Waals surface area contributed by atoms with E-state index in [0.717, 1.165) is 0 Å². The van der Waals surface area contributed by atoms with Crippen molar-refractivity contribution in [2.24, 2.45) is 5.41 Å². The third-order valence-electron chi connectivity index (χ3n) is 3.67. The third-order valence-corrected chi connectivity index (χ3v) is 3.67. The van der Waals surface area contributed by atoms with E-state index in [9.17, 15) is 14.4 Å². The van der Waals surface area contributed by atoms with Gasteiger partial charge in [0.25, 0.3) is 5.91 Å². The van der Waals surface area contributed by atoms with Crippen molar-refractivity contribution < 1.29 is 18.9 Å². The minimum absolute atomic E-state index is 0.149. The quantitative estimate of drug-likeness (QED) is 0.840. The maximum atomic E-state index is 12.6. The topological polar surface area (TPSA) is 105 Å². The lowest BCUT2D eigenvalue weighted by Crippen LogP contribution is -2.35. The van der Waals surface area contributed by atoms with E-state index < -0.39 is 11.3 Å². The molecular weight excluding hydrogens is 348 g/mol. The first-order valence-electron chi connectivity index (χ1n) is 8.46. The summed E-state index contributed by atoms with van der Waals surface area (Å²) in [7, 11) is 1.52. The van der Waals surface area contributed by atoms with Crippen LogP contribution in [0.25, 0.3) is 0 Å². The summed E-state index contributed by atoms with van der Waals surface area (Å²) in [5.74, 6) is -0.0125. The van der Waals surface area contributed by atoms with Gasteiger partial charge >= 0.3 is 0 Å². The summed E-state index contributed by atoms with van der Waals surface area (Å²) in [4.78, 5) is 38.0. The molecule has 0 aliphatic carbocycles. The van der Waals surface area contributed by atoms with Crippen molar-refractivity contribution >= 4 is 29.2 Å². The van der Waals surface area contributed by atoms with E-state index in [-0.39, 0.29) is 18.4 Å². The Kier molecular flexibility index (Phi) is 5.99. The van der Waals surface area contributed by atoms with Crippen LogP contribution in [0.4, 0.5) is 11.5 Å². The van der Waals surface area contributed by atoms with Crippen LogP contribution in [-0.2, 0) is 9.59 Å². The van der Waals surface area contributed by atoms with Crippen LogP contribution < -0.4 is 10.6 Å². The molecule has 0 radical (unpaired) electrons. The van der Waals surface area contributed by atoms with E-state index in [4.69, 9.17) is 4.52 Å². The Bertz CT molecular complexity index is 851. The molecule has 0 saturated heterocycles. The fourth-order valence-corrected chi connectivity index (χ4v) is 2.16. The first kappa shape index (κ1) is 20.2. The summed E-state index contributed by atoms with van der Waals surface area (Å²) in [6.45, 7) is 6.98. The van der Waals surface area contributed by atoms with E-state index >= 15 is 0 Å². The first-order chi connectivity index (χ1) is 12.6. The summed E-state index contributed by atoms with van der Waals surface area (Å²) in [5, 5.41) is 9.02. The van der Waals surface area contributed by atoms with Crippen LogP contribution in [-0.4, -0.2) is 41.4 Å². The average Bonchev–Trinajstić information content (AvgIpc) is 2.98. The van der Waals surface area contributed by atoms with Crippen molar-refractivity contribution in [3.05, 3.63) is 41.7 Å². The van der Waals surface area contributed by atoms with Gasteiger partial charge in [-0.1, -0.05) is 32.0 Å². The molecule has 0 aliphatic heterocycles. The van der Waals surface area contributed by atoms with Crippen molar-refractivity contribution in [3.63, 3.8) is 0 Å². The molecule has 0 saturated carbocycles. The third kappa shape index (κ3) is 5.67. The number of nitrogens with one attached hydrogen (secondary N) is 2. The summed E-state index contributed by atoms with van der Waals surface area (Å²) < 4.78 is 4.88. The Hall–Kier alpha value is -3.16. The lowest BCUT2D eigenvalue weighted by Gasteiger charge is -2.19. The highest BCUT2D eigenvalue weighted by Crippen LogP contribution is 2.18. The van der Waals surface area contributed by atoms with Crippen LogP contribution in [0.5, 0.6) is 0 Å². The fraction of sp³-hybridized carbons (Fsp3) is 0.368. The number of anilines is 2. The molecule has 1 aromatic heterocycles. The van der Waals surface area contributed by atoms with Crippen LogP contribution in [0.3, 0.4) is 0 Å². The molecule has 2 rings (SSSR count). The summed E-state index contributed by atoms with van der Waals surface area (Å²) in [5.41, 5.74) is 0.347. The number of rotatable bonds is 5. The van der Waals surface area contributed by atoms with Gasteiger partial charge in [0, 0.05) is 29.8 Å². The minimum Gasteiger partial charge on any atom is -0.360 e. The minimum atomic E-state index is -0.547. The highest BCUT2D eigenvalue weighted by molar-refractivity contribution is 6.00. The zero-order valence-corrected chi connectivity index (χ0v) is 16.1. The highest BCUT2D eigenvalue weighted by Gasteiger charge is 2.22. The smallest absolute Gasteiger partial charge is 0.254 e. The number of hydrogen-bond donors (Lipinski definition) is 2. The molecule has 8 heteroatoms. The molecule has 0 aliphatic rings. The molecular formula is C19H24N4O4. The maximum Gasteiger partial charge on any atom is 0.254 e. The monoisotopic (exact) mass is 372 g/mol. The van der Waals surface area contributed by atoms with Crippen molar-refractivity contribution in [3.8, 4) is 0 Å². The van der Waals surface area contributed by atoms with Crippen LogP contribution >= 0.6 is 0 Å². The van der Waals surface area contributed by atoms with Gasteiger partial charge < -0.3 is 20.1 Å². The van der Waals surface area contributed by atoms with E-state index in [1.807, 2.05) is 0 Å². The number of carbonyl (C=O) groups excluding carboxylic acids is 3. The maximum absolute atomic E-state index is 12.6. The van der Waals surface area contributed by atoms with E-state index in [2.05, 4.69) is 15.8 Å². The second-order valence-electron chi connectivity index (χ2n) is 7.32. The second-order valence-corrected chi connectivity index (χ2v) is 7.32. The molecule has 1 heterocycles. The molecule has 144 valence electrons. The lowest BCUT2D eigenvalue weighted by molar-refractivity contribution is -0.123. The summed E-state index contributed by atoms with van der Waals surface area (Å²) >= 11 is 0. The number of carbonyl (C=O) groups is 3. The molecule has 0 bridgehead atoms. The number of likely N-dealkylation sites (N-methyl/N-ethyl adjacent to an activating group) is 1. The van der Waals surface area contributed by atoms with Gasteiger partial charge in [-0.15, -0.1) is 0 Å². The zero-order chi connectivity index (χ0) is 20.2. The number of amides is 3. The van der Waals surface area contributed by atoms with Gasteiger partial charge in [-0.05, 0) is 25.1 Å². The molecule has 0 unspecified atom stereocenters. The molecule has 0 fully saturated rings. The summed E-state index contributed by atoms with van der Waals surface area (Å²) in [6.07, 6.45) is 0. The zero-order valence-electron chi connectivity index (χ0n) is 16.1. The van der Waals surface area contributed by atoms with Crippen LogP contribution in [0.1, 0.15) is 36.9 Å². The molecule has 27 heavy (non-hydrogen) atoms. The molecule has 0 spiro atoms. The lowest BCUT2D eigenvalue weighted by atomic mass is 9.95. The Labute approximate surface area is 157 Å².